The van der Waals surface area contributed by atoms with Crippen LogP contribution in [0.25, 0.3) is 0 Å². The van der Waals surface area contributed by atoms with Crippen LogP contribution in [0.4, 0.5) is 5.69 Å². The Bertz CT molecular complexity index is 1160. The molecule has 0 aliphatic carbocycles. The minimum atomic E-state index is -3.56. The topological polar surface area (TPSA) is 79.6 Å². The van der Waals surface area contributed by atoms with Gasteiger partial charge in [-0.1, -0.05) is 28.1 Å². The molecule has 0 bridgehead atoms. The lowest BCUT2D eigenvalue weighted by Crippen LogP contribution is -2.29. The largest absolute Gasteiger partial charge is 0.455 e. The van der Waals surface area contributed by atoms with E-state index in [0.29, 0.717) is 6.54 Å². The standard InChI is InChI=1S/C24H27BrN2O4S/c1-3-27(20-7-4-6-18(2)16-20)15-5-14-26-24(28)23-13-10-21(31-23)17-32(29,30)22-11-8-19(25)9-12-22/h4,6-13,16H,3,5,14-15,17H2,1-2H3,(H,26,28). The minimum absolute atomic E-state index is 0.108. The number of halogens is 1. The molecule has 1 heterocycles. The lowest BCUT2D eigenvalue weighted by atomic mass is 10.2. The molecule has 170 valence electrons. The SMILES string of the molecule is CCN(CCCNC(=O)c1ccc(CS(=O)(=O)c2ccc(Br)cc2)o1)c1cccc(C)c1. The molecular weight excluding hydrogens is 492 g/mol. The van der Waals surface area contributed by atoms with Crippen molar-refractivity contribution in [1.29, 1.82) is 0 Å². The maximum Gasteiger partial charge on any atom is 0.286 e. The highest BCUT2D eigenvalue weighted by Gasteiger charge is 2.19. The van der Waals surface area contributed by atoms with Crippen LogP contribution in [0.2, 0.25) is 0 Å². The summed E-state index contributed by atoms with van der Waals surface area (Å²) < 4.78 is 31.4. The molecule has 3 aromatic rings. The Morgan fingerprint density at radius 1 is 1.09 bits per heavy atom. The average Bonchev–Trinajstić information content (AvgIpc) is 3.22. The van der Waals surface area contributed by atoms with Crippen LogP contribution in [-0.4, -0.2) is 34.0 Å². The van der Waals surface area contributed by atoms with Crippen molar-refractivity contribution in [1.82, 2.24) is 5.32 Å². The van der Waals surface area contributed by atoms with Crippen LogP contribution in [0, 0.1) is 6.92 Å². The van der Waals surface area contributed by atoms with Gasteiger partial charge in [-0.25, -0.2) is 8.42 Å². The summed E-state index contributed by atoms with van der Waals surface area (Å²) in [5.41, 5.74) is 2.38. The molecule has 0 fully saturated rings. The third kappa shape index (κ3) is 6.46. The van der Waals surface area contributed by atoms with E-state index in [4.69, 9.17) is 4.42 Å². The third-order valence-corrected chi connectivity index (χ3v) is 7.21. The molecule has 0 radical (unpaired) electrons. The summed E-state index contributed by atoms with van der Waals surface area (Å²) in [6, 6.07) is 17.8. The van der Waals surface area contributed by atoms with Gasteiger partial charge >= 0.3 is 0 Å². The molecule has 3 rings (SSSR count). The van der Waals surface area contributed by atoms with Gasteiger partial charge in [0.1, 0.15) is 11.5 Å². The van der Waals surface area contributed by atoms with Crippen LogP contribution in [0.3, 0.4) is 0 Å². The van der Waals surface area contributed by atoms with E-state index >= 15 is 0 Å². The number of rotatable bonds is 10. The predicted molar refractivity (Wildman–Crippen MR) is 130 cm³/mol. The Morgan fingerprint density at radius 2 is 1.84 bits per heavy atom. The van der Waals surface area contributed by atoms with Crippen LogP contribution in [-0.2, 0) is 15.6 Å². The summed E-state index contributed by atoms with van der Waals surface area (Å²) in [5, 5.41) is 2.84. The molecule has 0 spiro atoms. The van der Waals surface area contributed by atoms with Crippen molar-refractivity contribution < 1.29 is 17.6 Å². The summed E-state index contributed by atoms with van der Waals surface area (Å²) in [6.07, 6.45) is 0.777. The number of amides is 1. The van der Waals surface area contributed by atoms with Crippen LogP contribution in [0.5, 0.6) is 0 Å². The fourth-order valence-corrected chi connectivity index (χ4v) is 4.85. The first-order chi connectivity index (χ1) is 15.3. The summed E-state index contributed by atoms with van der Waals surface area (Å²) in [4.78, 5) is 14.9. The van der Waals surface area contributed by atoms with Gasteiger partial charge < -0.3 is 14.6 Å². The molecule has 1 N–H and O–H groups in total. The molecule has 0 atom stereocenters. The molecule has 1 amide bonds. The van der Waals surface area contributed by atoms with Crippen LogP contribution in [0.1, 0.15) is 35.2 Å². The zero-order valence-corrected chi connectivity index (χ0v) is 20.6. The Hall–Kier alpha value is -2.58. The molecule has 0 saturated heterocycles. The number of hydrogen-bond acceptors (Lipinski definition) is 5. The zero-order valence-electron chi connectivity index (χ0n) is 18.2. The summed E-state index contributed by atoms with van der Waals surface area (Å²) >= 11 is 3.29. The summed E-state index contributed by atoms with van der Waals surface area (Å²) in [6.45, 7) is 6.36. The van der Waals surface area contributed by atoms with Gasteiger partial charge in [0.25, 0.3) is 5.91 Å². The number of aryl methyl sites for hydroxylation is 1. The van der Waals surface area contributed by atoms with Crippen molar-refractivity contribution in [3.63, 3.8) is 0 Å². The molecule has 32 heavy (non-hydrogen) atoms. The van der Waals surface area contributed by atoms with E-state index < -0.39 is 9.84 Å². The fraction of sp³-hybridized carbons (Fsp3) is 0.292. The molecule has 0 aliphatic heterocycles. The van der Waals surface area contributed by atoms with E-state index in [1.54, 1.807) is 12.1 Å². The Kier molecular flexibility index (Phi) is 8.15. The quantitative estimate of drug-likeness (QED) is 0.383. The maximum absolute atomic E-state index is 12.6. The van der Waals surface area contributed by atoms with E-state index in [1.807, 2.05) is 6.07 Å². The van der Waals surface area contributed by atoms with E-state index in [2.05, 4.69) is 58.2 Å². The van der Waals surface area contributed by atoms with Gasteiger partial charge in [-0.3, -0.25) is 4.79 Å². The van der Waals surface area contributed by atoms with Crippen molar-refractivity contribution in [3.05, 3.63) is 82.2 Å². The first kappa shape index (κ1) is 24.1. The van der Waals surface area contributed by atoms with Crippen molar-refractivity contribution in [3.8, 4) is 0 Å². The van der Waals surface area contributed by atoms with Crippen molar-refractivity contribution in [2.45, 2.75) is 30.9 Å². The van der Waals surface area contributed by atoms with Gasteiger partial charge in [-0.05, 0) is 74.4 Å². The van der Waals surface area contributed by atoms with Crippen LogP contribution in [0.15, 0.2) is 74.4 Å². The molecule has 2 aromatic carbocycles. The normalized spacial score (nSPS) is 11.3. The third-order valence-electron chi connectivity index (χ3n) is 5.03. The number of benzene rings is 2. The second-order valence-corrected chi connectivity index (χ2v) is 10.4. The minimum Gasteiger partial charge on any atom is -0.455 e. The smallest absolute Gasteiger partial charge is 0.286 e. The lowest BCUT2D eigenvalue weighted by Gasteiger charge is -2.23. The number of sulfone groups is 1. The highest BCUT2D eigenvalue weighted by Crippen LogP contribution is 2.20. The molecule has 0 aliphatic rings. The number of hydrogen-bond donors (Lipinski definition) is 1. The number of anilines is 1. The van der Waals surface area contributed by atoms with E-state index in [1.165, 1.54) is 35.5 Å². The van der Waals surface area contributed by atoms with E-state index in [9.17, 15) is 13.2 Å². The van der Waals surface area contributed by atoms with Gasteiger partial charge in [0.2, 0.25) is 0 Å². The highest BCUT2D eigenvalue weighted by molar-refractivity contribution is 9.10. The summed E-state index contributed by atoms with van der Waals surface area (Å²) in [7, 11) is -3.56. The highest BCUT2D eigenvalue weighted by atomic mass is 79.9. The molecule has 6 nitrogen and oxygen atoms in total. The summed E-state index contributed by atoms with van der Waals surface area (Å²) in [5.74, 6) is -0.313. The lowest BCUT2D eigenvalue weighted by molar-refractivity contribution is 0.0924. The van der Waals surface area contributed by atoms with Crippen LogP contribution < -0.4 is 10.2 Å². The number of carbonyl (C=O) groups is 1. The number of nitrogens with one attached hydrogen (secondary N) is 1. The Labute approximate surface area is 197 Å². The van der Waals surface area contributed by atoms with Gasteiger partial charge in [-0.15, -0.1) is 0 Å². The molecule has 1 aromatic heterocycles. The van der Waals surface area contributed by atoms with Crippen molar-refractivity contribution >= 4 is 37.4 Å². The van der Waals surface area contributed by atoms with E-state index in [0.717, 1.165) is 24.0 Å². The number of furan rings is 1. The molecule has 8 heteroatoms. The second-order valence-electron chi connectivity index (χ2n) is 7.51. The van der Waals surface area contributed by atoms with Crippen molar-refractivity contribution in [2.75, 3.05) is 24.5 Å². The molecular formula is C24H27BrN2O4S. The first-order valence-electron chi connectivity index (χ1n) is 10.5. The van der Waals surface area contributed by atoms with Crippen molar-refractivity contribution in [2.24, 2.45) is 0 Å². The molecule has 0 saturated carbocycles. The molecule has 0 unspecified atom stereocenters. The number of nitrogens with zero attached hydrogens (tertiary/aromatic N) is 1. The first-order valence-corrected chi connectivity index (χ1v) is 12.9. The predicted octanol–water partition coefficient (Wildman–Crippen LogP) is 4.97. The number of carbonyl (C=O) groups excluding carboxylic acids is 1. The van der Waals surface area contributed by atoms with Gasteiger partial charge in [-0.2, -0.15) is 0 Å². The zero-order chi connectivity index (χ0) is 23.1. The van der Waals surface area contributed by atoms with Crippen LogP contribution >= 0.6 is 15.9 Å². The Balaban J connectivity index is 1.50. The van der Waals surface area contributed by atoms with E-state index in [-0.39, 0.29) is 28.1 Å². The average molecular weight is 519 g/mol. The van der Waals surface area contributed by atoms with Gasteiger partial charge in [0, 0.05) is 29.8 Å². The van der Waals surface area contributed by atoms with Gasteiger partial charge in [0.05, 0.1) is 4.90 Å². The Morgan fingerprint density at radius 3 is 2.53 bits per heavy atom. The fourth-order valence-electron chi connectivity index (χ4n) is 3.34. The second kappa shape index (κ2) is 10.8. The maximum atomic E-state index is 12.6. The van der Waals surface area contributed by atoms with Gasteiger partial charge in [0.15, 0.2) is 15.6 Å². The monoisotopic (exact) mass is 518 g/mol.